The molecule has 1 amide bonds. The van der Waals surface area contributed by atoms with Crippen molar-refractivity contribution in [1.82, 2.24) is 10.2 Å². The molecule has 0 bridgehead atoms. The average Bonchev–Trinajstić information content (AvgIpc) is 3.08. The lowest BCUT2D eigenvalue weighted by Gasteiger charge is -2.32. The summed E-state index contributed by atoms with van der Waals surface area (Å²) in [6.07, 6.45) is 2.33. The Balaban J connectivity index is 1.67. The summed E-state index contributed by atoms with van der Waals surface area (Å²) < 4.78 is 24.0. The van der Waals surface area contributed by atoms with E-state index in [0.717, 1.165) is 36.1 Å². The first kappa shape index (κ1) is 18.2. The number of sulfonamides is 1. The largest absolute Gasteiger partial charge is 0.344 e. The molecule has 0 aromatic heterocycles. The van der Waals surface area contributed by atoms with Gasteiger partial charge in [-0.2, -0.15) is 0 Å². The smallest absolute Gasteiger partial charge is 0.251 e. The number of nitrogens with one attached hydrogen (secondary N) is 1. The first-order valence-corrected chi connectivity index (χ1v) is 10.6. The molecule has 2 aromatic carbocycles. The highest BCUT2D eigenvalue weighted by atomic mass is 32.2. The van der Waals surface area contributed by atoms with Gasteiger partial charge in [-0.15, -0.1) is 0 Å². The van der Waals surface area contributed by atoms with Gasteiger partial charge in [0.15, 0.2) is 0 Å². The van der Waals surface area contributed by atoms with Crippen LogP contribution in [0.2, 0.25) is 0 Å². The molecule has 6 nitrogen and oxygen atoms in total. The molecule has 27 heavy (non-hydrogen) atoms. The molecule has 7 heteroatoms. The number of nitrogens with zero attached hydrogens (tertiary/aromatic N) is 1. The van der Waals surface area contributed by atoms with Crippen LogP contribution in [-0.2, 0) is 29.4 Å². The van der Waals surface area contributed by atoms with Gasteiger partial charge in [-0.05, 0) is 60.7 Å². The van der Waals surface area contributed by atoms with Crippen LogP contribution in [0.3, 0.4) is 0 Å². The van der Waals surface area contributed by atoms with E-state index in [1.54, 1.807) is 0 Å². The van der Waals surface area contributed by atoms with Crippen molar-refractivity contribution in [1.29, 1.82) is 0 Å². The number of benzene rings is 2. The fourth-order valence-corrected chi connectivity index (χ4v) is 5.07. The molecule has 1 atom stereocenters. The summed E-state index contributed by atoms with van der Waals surface area (Å²) in [4.78, 5) is 15.2. The van der Waals surface area contributed by atoms with Crippen LogP contribution in [0.15, 0.2) is 41.3 Å². The maximum atomic E-state index is 12.9. The van der Waals surface area contributed by atoms with E-state index in [1.807, 2.05) is 31.3 Å². The number of hydrogen-bond acceptors (Lipinski definition) is 4. The molecule has 0 saturated carbocycles. The molecule has 0 spiro atoms. The molecule has 0 radical (unpaired) electrons. The van der Waals surface area contributed by atoms with Crippen molar-refractivity contribution >= 4 is 15.9 Å². The predicted molar refractivity (Wildman–Crippen MR) is 103 cm³/mol. The molecule has 3 N–H and O–H groups in total. The lowest BCUT2D eigenvalue weighted by molar-refractivity contribution is 0.0921. The van der Waals surface area contributed by atoms with Crippen molar-refractivity contribution in [3.05, 3.63) is 64.2 Å². The normalized spacial score (nSPS) is 19.4. The van der Waals surface area contributed by atoms with Gasteiger partial charge < -0.3 is 5.32 Å². The minimum Gasteiger partial charge on any atom is -0.344 e. The standard InChI is InChI=1S/C20H23N3O3S/c1-23-11-14-5-2-3-7-16(14)18(12-23)22-20(24)15-9-13-6-4-8-17(13)19(10-15)27(21,25)26/h2-3,5,7,9-10,18H,4,6,8,11-12H2,1H3,(H,22,24)(H2,21,25,26). The topological polar surface area (TPSA) is 92.5 Å². The van der Waals surface area contributed by atoms with E-state index >= 15 is 0 Å². The fourth-order valence-electron chi connectivity index (χ4n) is 4.20. The molecule has 4 rings (SSSR count). The van der Waals surface area contributed by atoms with E-state index in [4.69, 9.17) is 5.14 Å². The number of rotatable bonds is 3. The van der Waals surface area contributed by atoms with Crippen LogP contribution < -0.4 is 10.5 Å². The van der Waals surface area contributed by atoms with Crippen molar-refractivity contribution in [2.24, 2.45) is 5.14 Å². The van der Waals surface area contributed by atoms with E-state index in [2.05, 4.69) is 16.3 Å². The number of fused-ring (bicyclic) bond motifs is 2. The van der Waals surface area contributed by atoms with Gasteiger partial charge in [0.1, 0.15) is 0 Å². The van der Waals surface area contributed by atoms with Crippen LogP contribution in [-0.4, -0.2) is 32.8 Å². The van der Waals surface area contributed by atoms with Crippen LogP contribution in [0, 0.1) is 0 Å². The summed E-state index contributed by atoms with van der Waals surface area (Å²) in [5.41, 5.74) is 4.32. The molecular weight excluding hydrogens is 362 g/mol. The van der Waals surface area contributed by atoms with Crippen molar-refractivity contribution in [2.75, 3.05) is 13.6 Å². The van der Waals surface area contributed by atoms with E-state index < -0.39 is 10.0 Å². The number of aryl methyl sites for hydroxylation is 1. The van der Waals surface area contributed by atoms with Crippen LogP contribution in [0.25, 0.3) is 0 Å². The third kappa shape index (κ3) is 3.50. The van der Waals surface area contributed by atoms with Crippen molar-refractivity contribution in [3.8, 4) is 0 Å². The molecule has 0 fully saturated rings. The SMILES string of the molecule is CN1Cc2ccccc2C(NC(=O)c2cc3c(c(S(N)(=O)=O)c2)CCC3)C1. The lowest BCUT2D eigenvalue weighted by Crippen LogP contribution is -2.40. The molecule has 2 aliphatic rings. The quantitative estimate of drug-likeness (QED) is 0.842. The zero-order valence-corrected chi connectivity index (χ0v) is 16.1. The van der Waals surface area contributed by atoms with Crippen LogP contribution in [0.5, 0.6) is 0 Å². The number of hydrogen-bond donors (Lipinski definition) is 2. The zero-order valence-electron chi connectivity index (χ0n) is 15.2. The average molecular weight is 385 g/mol. The van der Waals surface area contributed by atoms with Crippen molar-refractivity contribution < 1.29 is 13.2 Å². The third-order valence-corrected chi connectivity index (χ3v) is 6.39. The van der Waals surface area contributed by atoms with Crippen LogP contribution in [0.1, 0.15) is 45.1 Å². The third-order valence-electron chi connectivity index (χ3n) is 5.41. The summed E-state index contributed by atoms with van der Waals surface area (Å²) in [5, 5.41) is 8.47. The second kappa shape index (κ2) is 6.74. The minimum atomic E-state index is -3.86. The second-order valence-corrected chi connectivity index (χ2v) is 8.96. The summed E-state index contributed by atoms with van der Waals surface area (Å²) in [7, 11) is -1.85. The summed E-state index contributed by atoms with van der Waals surface area (Å²) in [6, 6.07) is 11.2. The number of primary sulfonamides is 1. The maximum Gasteiger partial charge on any atom is 0.251 e. The van der Waals surface area contributed by atoms with Gasteiger partial charge >= 0.3 is 0 Å². The predicted octanol–water partition coefficient (Wildman–Crippen LogP) is 1.74. The second-order valence-electron chi connectivity index (χ2n) is 7.43. The van der Waals surface area contributed by atoms with Crippen molar-refractivity contribution in [2.45, 2.75) is 36.7 Å². The lowest BCUT2D eigenvalue weighted by atomic mass is 9.95. The molecule has 2 aromatic rings. The Morgan fingerprint density at radius 3 is 2.74 bits per heavy atom. The molecule has 1 heterocycles. The number of nitrogens with two attached hydrogens (primary N) is 1. The van der Waals surface area contributed by atoms with E-state index in [9.17, 15) is 13.2 Å². The fraction of sp³-hybridized carbons (Fsp3) is 0.350. The summed E-state index contributed by atoms with van der Waals surface area (Å²) >= 11 is 0. The summed E-state index contributed by atoms with van der Waals surface area (Å²) in [6.45, 7) is 1.55. The van der Waals surface area contributed by atoms with Gasteiger partial charge in [0, 0.05) is 18.7 Å². The first-order valence-electron chi connectivity index (χ1n) is 9.09. The van der Waals surface area contributed by atoms with E-state index in [1.165, 1.54) is 11.6 Å². The Hall–Kier alpha value is -2.22. The minimum absolute atomic E-state index is 0.0869. The zero-order chi connectivity index (χ0) is 19.2. The van der Waals surface area contributed by atoms with Gasteiger partial charge in [0.25, 0.3) is 5.91 Å². The summed E-state index contributed by atoms with van der Waals surface area (Å²) in [5.74, 6) is -0.273. The van der Waals surface area contributed by atoms with Crippen LogP contribution in [0.4, 0.5) is 0 Å². The number of amides is 1. The Kier molecular flexibility index (Phi) is 4.53. The van der Waals surface area contributed by atoms with Gasteiger partial charge in [-0.25, -0.2) is 13.6 Å². The molecule has 1 aliphatic heterocycles. The molecule has 1 aliphatic carbocycles. The highest BCUT2D eigenvalue weighted by Gasteiger charge is 2.27. The Labute approximate surface area is 159 Å². The van der Waals surface area contributed by atoms with Gasteiger partial charge in [-0.1, -0.05) is 24.3 Å². The monoisotopic (exact) mass is 385 g/mol. The van der Waals surface area contributed by atoms with Crippen molar-refractivity contribution in [3.63, 3.8) is 0 Å². The molecule has 142 valence electrons. The Morgan fingerprint density at radius 1 is 1.19 bits per heavy atom. The van der Waals surface area contributed by atoms with E-state index in [0.29, 0.717) is 18.5 Å². The number of carbonyl (C=O) groups is 1. The number of likely N-dealkylation sites (N-methyl/N-ethyl adjacent to an activating group) is 1. The Bertz CT molecular complexity index is 1020. The van der Waals surface area contributed by atoms with Gasteiger partial charge in [0.05, 0.1) is 10.9 Å². The molecule has 1 unspecified atom stereocenters. The maximum absolute atomic E-state index is 12.9. The highest BCUT2D eigenvalue weighted by molar-refractivity contribution is 7.89. The van der Waals surface area contributed by atoms with Gasteiger partial charge in [-0.3, -0.25) is 9.69 Å². The van der Waals surface area contributed by atoms with Gasteiger partial charge in [0.2, 0.25) is 10.0 Å². The Morgan fingerprint density at radius 2 is 1.96 bits per heavy atom. The first-order chi connectivity index (χ1) is 12.8. The van der Waals surface area contributed by atoms with Crippen LogP contribution >= 0.6 is 0 Å². The highest BCUT2D eigenvalue weighted by Crippen LogP contribution is 2.30. The molecular formula is C20H23N3O3S. The molecule has 0 saturated heterocycles. The van der Waals surface area contributed by atoms with E-state index in [-0.39, 0.29) is 16.8 Å². The number of carbonyl (C=O) groups excluding carboxylic acids is 1.